The van der Waals surface area contributed by atoms with E-state index in [9.17, 15) is 0 Å². The number of likely N-dealkylation sites (tertiary alicyclic amines) is 1. The van der Waals surface area contributed by atoms with Crippen LogP contribution < -0.4 is 15.4 Å². The van der Waals surface area contributed by atoms with Gasteiger partial charge in [-0.1, -0.05) is 39.3 Å². The van der Waals surface area contributed by atoms with Crippen LogP contribution in [0.4, 0.5) is 17.6 Å². The van der Waals surface area contributed by atoms with Crippen LogP contribution in [0.1, 0.15) is 75.9 Å². The Morgan fingerprint density at radius 2 is 1.82 bits per heavy atom. The van der Waals surface area contributed by atoms with E-state index >= 15 is 0 Å². The topological polar surface area (TPSA) is 117 Å². The number of ether oxygens (including phenoxy) is 1. The fourth-order valence-electron chi connectivity index (χ4n) is 3.79. The summed E-state index contributed by atoms with van der Waals surface area (Å²) >= 11 is 0. The lowest BCUT2D eigenvalue weighted by atomic mass is 10.1. The van der Waals surface area contributed by atoms with Crippen LogP contribution in [-0.2, 0) is 6.54 Å². The number of hydrogen-bond acceptors (Lipinski definition) is 9. The average molecular weight is 469 g/mol. The third-order valence-corrected chi connectivity index (χ3v) is 5.85. The average Bonchev–Trinajstić information content (AvgIpc) is 3.48. The molecule has 10 nitrogen and oxygen atoms in total. The molecule has 10 heteroatoms. The van der Waals surface area contributed by atoms with Crippen LogP contribution in [-0.4, -0.2) is 56.5 Å². The third kappa shape index (κ3) is 6.69. The van der Waals surface area contributed by atoms with Gasteiger partial charge in [0.15, 0.2) is 5.76 Å². The smallest absolute Gasteiger partial charge is 0.228 e. The Bertz CT molecular complexity index is 1040. The number of nitrogens with one attached hydrogen (secondary N) is 3. The molecule has 184 valence electrons. The quantitative estimate of drug-likeness (QED) is 0.369. The molecule has 0 atom stereocenters. The molecule has 34 heavy (non-hydrogen) atoms. The molecule has 0 unspecified atom stereocenters. The standard InChI is InChI=1S/C24H36N8O2/c1-16(2)19-13-22(30-29-19)26-21-14-23(33-11-10-32-8-6-5-7-9-32)28-24(27-21)25-15-18-12-20(17(3)4)31-34-18/h12-14,16-17H,5-11,15H2,1-4H3,(H3,25,26,27,28,29,30). The number of piperidine rings is 1. The summed E-state index contributed by atoms with van der Waals surface area (Å²) in [6.45, 7) is 12.6. The Hall–Kier alpha value is -3.14. The molecule has 3 N–H and O–H groups in total. The van der Waals surface area contributed by atoms with Crippen molar-refractivity contribution in [2.45, 2.75) is 65.3 Å². The monoisotopic (exact) mass is 468 g/mol. The second-order valence-corrected chi connectivity index (χ2v) is 9.38. The van der Waals surface area contributed by atoms with Crippen LogP contribution in [0.25, 0.3) is 0 Å². The lowest BCUT2D eigenvalue weighted by Gasteiger charge is -2.26. The zero-order valence-electron chi connectivity index (χ0n) is 20.6. The molecule has 0 radical (unpaired) electrons. The summed E-state index contributed by atoms with van der Waals surface area (Å²) in [6.07, 6.45) is 3.85. The van der Waals surface area contributed by atoms with Crippen molar-refractivity contribution in [2.75, 3.05) is 36.9 Å². The van der Waals surface area contributed by atoms with Gasteiger partial charge < -0.3 is 19.9 Å². The van der Waals surface area contributed by atoms with Crippen LogP contribution in [0.2, 0.25) is 0 Å². The Morgan fingerprint density at radius 3 is 2.53 bits per heavy atom. The normalized spacial score (nSPS) is 14.6. The van der Waals surface area contributed by atoms with E-state index in [0.29, 0.717) is 42.6 Å². The van der Waals surface area contributed by atoms with E-state index in [1.807, 2.05) is 18.2 Å². The number of anilines is 3. The van der Waals surface area contributed by atoms with Gasteiger partial charge >= 0.3 is 0 Å². The van der Waals surface area contributed by atoms with Gasteiger partial charge in [-0.25, -0.2) is 0 Å². The molecule has 0 saturated carbocycles. The Labute approximate surface area is 200 Å². The molecule has 0 bridgehead atoms. The summed E-state index contributed by atoms with van der Waals surface area (Å²) < 4.78 is 11.5. The number of hydrogen-bond donors (Lipinski definition) is 3. The molecule has 3 aromatic rings. The number of rotatable bonds is 11. The maximum Gasteiger partial charge on any atom is 0.228 e. The van der Waals surface area contributed by atoms with Crippen LogP contribution in [0.15, 0.2) is 22.7 Å². The highest BCUT2D eigenvalue weighted by Crippen LogP contribution is 2.23. The molecule has 3 aromatic heterocycles. The predicted octanol–water partition coefficient (Wildman–Crippen LogP) is 4.65. The molecule has 0 aliphatic carbocycles. The second kappa shape index (κ2) is 11.3. The molecule has 0 amide bonds. The maximum atomic E-state index is 6.02. The lowest BCUT2D eigenvalue weighted by Crippen LogP contribution is -2.33. The summed E-state index contributed by atoms with van der Waals surface area (Å²) in [5.41, 5.74) is 1.91. The molecule has 0 aromatic carbocycles. The highest BCUT2D eigenvalue weighted by atomic mass is 16.5. The van der Waals surface area contributed by atoms with E-state index in [1.54, 1.807) is 0 Å². The van der Waals surface area contributed by atoms with E-state index in [2.05, 4.69) is 68.6 Å². The van der Waals surface area contributed by atoms with Crippen molar-refractivity contribution in [3.05, 3.63) is 35.3 Å². The van der Waals surface area contributed by atoms with Crippen LogP contribution in [0.5, 0.6) is 5.88 Å². The zero-order chi connectivity index (χ0) is 23.9. The van der Waals surface area contributed by atoms with E-state index < -0.39 is 0 Å². The number of nitrogens with zero attached hydrogens (tertiary/aromatic N) is 5. The van der Waals surface area contributed by atoms with Gasteiger partial charge in [-0.15, -0.1) is 0 Å². The van der Waals surface area contributed by atoms with Crippen LogP contribution in [0, 0.1) is 0 Å². The predicted molar refractivity (Wildman–Crippen MR) is 132 cm³/mol. The van der Waals surface area contributed by atoms with Crippen molar-refractivity contribution in [1.29, 1.82) is 0 Å². The summed E-state index contributed by atoms with van der Waals surface area (Å²) in [5.74, 6) is 3.72. The molecule has 1 aliphatic rings. The Morgan fingerprint density at radius 1 is 1.03 bits per heavy atom. The van der Waals surface area contributed by atoms with E-state index in [4.69, 9.17) is 9.26 Å². The first-order chi connectivity index (χ1) is 16.5. The molecule has 4 heterocycles. The lowest BCUT2D eigenvalue weighted by molar-refractivity contribution is 0.180. The van der Waals surface area contributed by atoms with Gasteiger partial charge in [0.25, 0.3) is 0 Å². The largest absolute Gasteiger partial charge is 0.476 e. The first kappa shape index (κ1) is 24.0. The van der Waals surface area contributed by atoms with Gasteiger partial charge in [-0.3, -0.25) is 10.00 Å². The van der Waals surface area contributed by atoms with Gasteiger partial charge in [0.05, 0.1) is 17.9 Å². The van der Waals surface area contributed by atoms with Crippen LogP contribution >= 0.6 is 0 Å². The zero-order valence-corrected chi connectivity index (χ0v) is 20.6. The van der Waals surface area contributed by atoms with Gasteiger partial charge in [0, 0.05) is 24.7 Å². The fraction of sp³-hybridized carbons (Fsp3) is 0.583. The summed E-state index contributed by atoms with van der Waals surface area (Å²) in [4.78, 5) is 11.6. The van der Waals surface area contributed by atoms with Crippen molar-refractivity contribution in [2.24, 2.45) is 0 Å². The van der Waals surface area contributed by atoms with Crippen molar-refractivity contribution in [3.63, 3.8) is 0 Å². The molecule has 1 aliphatic heterocycles. The van der Waals surface area contributed by atoms with E-state index in [1.165, 1.54) is 19.3 Å². The number of H-pyrrole nitrogens is 1. The minimum atomic E-state index is 0.311. The Kier molecular flexibility index (Phi) is 7.99. The fourth-order valence-corrected chi connectivity index (χ4v) is 3.79. The second-order valence-electron chi connectivity index (χ2n) is 9.38. The molecule has 1 fully saturated rings. The highest BCUT2D eigenvalue weighted by Gasteiger charge is 2.13. The molecule has 4 rings (SSSR count). The number of aromatic amines is 1. The first-order valence-electron chi connectivity index (χ1n) is 12.2. The minimum absolute atomic E-state index is 0.311. The van der Waals surface area contributed by atoms with Crippen molar-refractivity contribution < 1.29 is 9.26 Å². The van der Waals surface area contributed by atoms with Crippen molar-refractivity contribution in [3.8, 4) is 5.88 Å². The highest BCUT2D eigenvalue weighted by molar-refractivity contribution is 5.55. The summed E-state index contributed by atoms with van der Waals surface area (Å²) in [5, 5.41) is 18.0. The van der Waals surface area contributed by atoms with E-state index in [0.717, 1.165) is 42.6 Å². The van der Waals surface area contributed by atoms with Gasteiger partial charge in [-0.05, 0) is 37.8 Å². The molecule has 1 saturated heterocycles. The van der Waals surface area contributed by atoms with E-state index in [-0.39, 0.29) is 0 Å². The summed E-state index contributed by atoms with van der Waals surface area (Å²) in [7, 11) is 0. The molecule has 0 spiro atoms. The SMILES string of the molecule is CC(C)c1cc(Nc2cc(OCCN3CCCCC3)nc(NCc3cc(C(C)C)no3)n2)[nH]n1. The Balaban J connectivity index is 1.44. The van der Waals surface area contributed by atoms with Gasteiger partial charge in [-0.2, -0.15) is 15.1 Å². The van der Waals surface area contributed by atoms with Gasteiger partial charge in [0.2, 0.25) is 11.8 Å². The third-order valence-electron chi connectivity index (χ3n) is 5.85. The van der Waals surface area contributed by atoms with Crippen molar-refractivity contribution >= 4 is 17.6 Å². The number of aromatic nitrogens is 5. The molecular formula is C24H36N8O2. The maximum absolute atomic E-state index is 6.02. The van der Waals surface area contributed by atoms with Gasteiger partial charge in [0.1, 0.15) is 18.2 Å². The molecular weight excluding hydrogens is 432 g/mol. The van der Waals surface area contributed by atoms with Crippen molar-refractivity contribution in [1.82, 2.24) is 30.2 Å². The van der Waals surface area contributed by atoms with Crippen LogP contribution in [0.3, 0.4) is 0 Å². The summed E-state index contributed by atoms with van der Waals surface area (Å²) in [6, 6.07) is 5.75. The first-order valence-corrected chi connectivity index (χ1v) is 12.2. The minimum Gasteiger partial charge on any atom is -0.476 e.